The fourth-order valence-corrected chi connectivity index (χ4v) is 5.27. The van der Waals surface area contributed by atoms with E-state index in [2.05, 4.69) is 0 Å². The van der Waals surface area contributed by atoms with Crippen LogP contribution in [0.5, 0.6) is 0 Å². The molecule has 0 aliphatic carbocycles. The van der Waals surface area contributed by atoms with E-state index in [1.165, 1.54) is 11.8 Å². The maximum Gasteiger partial charge on any atom is 0.346 e. The van der Waals surface area contributed by atoms with Crippen molar-refractivity contribution in [1.29, 1.82) is 0 Å². The highest BCUT2D eigenvalue weighted by Gasteiger charge is 2.72. The number of carboxylic acid groups (broad SMARTS) is 2. The number of amides is 1. The molecule has 0 aromatic heterocycles. The molecule has 4 N–H and O–H groups in total. The van der Waals surface area contributed by atoms with E-state index in [9.17, 15) is 24.6 Å². The summed E-state index contributed by atoms with van der Waals surface area (Å²) in [7, 11) is 0. The number of nitrogens with zero attached hydrogens (tertiary/aromatic N) is 1. The minimum absolute atomic E-state index is 0.520. The van der Waals surface area contributed by atoms with Gasteiger partial charge in [0.1, 0.15) is 0 Å². The quantitative estimate of drug-likeness (QED) is 0.690. The fourth-order valence-electron chi connectivity index (χ4n) is 3.50. The third-order valence-corrected chi connectivity index (χ3v) is 6.55. The summed E-state index contributed by atoms with van der Waals surface area (Å²) in [4.78, 5) is 37.3. The van der Waals surface area contributed by atoms with Crippen molar-refractivity contribution >= 4 is 29.6 Å². The van der Waals surface area contributed by atoms with Crippen molar-refractivity contribution in [3.8, 4) is 0 Å². The number of thioether (sulfide) groups is 1. The molecular weight excluding hydrogens is 332 g/mol. The molecule has 2 heterocycles. The lowest BCUT2D eigenvalue weighted by Gasteiger charge is -2.49. The second kappa shape index (κ2) is 5.22. The summed E-state index contributed by atoms with van der Waals surface area (Å²) < 4.78 is -0.937. The Kier molecular flexibility index (Phi) is 3.65. The highest BCUT2D eigenvalue weighted by molar-refractivity contribution is 8.01. The van der Waals surface area contributed by atoms with E-state index in [4.69, 9.17) is 5.73 Å². The molecule has 1 aromatic rings. The Morgan fingerprint density at radius 1 is 1.25 bits per heavy atom. The van der Waals surface area contributed by atoms with Crippen LogP contribution in [0.1, 0.15) is 25.3 Å². The summed E-state index contributed by atoms with van der Waals surface area (Å²) in [6.45, 7) is 3.32. The van der Waals surface area contributed by atoms with E-state index in [-0.39, 0.29) is 0 Å². The summed E-state index contributed by atoms with van der Waals surface area (Å²) in [5.74, 6) is -4.79. The Labute approximate surface area is 142 Å². The zero-order chi connectivity index (χ0) is 17.9. The van der Waals surface area contributed by atoms with Gasteiger partial charge in [0.2, 0.25) is 11.6 Å². The van der Waals surface area contributed by atoms with Crippen molar-refractivity contribution in [1.82, 2.24) is 4.90 Å². The Bertz CT molecular complexity index is 722. The summed E-state index contributed by atoms with van der Waals surface area (Å²) in [6, 6.07) is 8.50. The van der Waals surface area contributed by atoms with Crippen molar-refractivity contribution in [2.75, 3.05) is 0 Å². The molecule has 128 valence electrons. The normalized spacial score (nSPS) is 32.0. The molecule has 2 fully saturated rings. The third-order valence-electron chi connectivity index (χ3n) is 4.91. The van der Waals surface area contributed by atoms with Crippen LogP contribution in [0.4, 0.5) is 0 Å². The smallest absolute Gasteiger partial charge is 0.346 e. The lowest BCUT2D eigenvalue weighted by atomic mass is 9.77. The van der Waals surface area contributed by atoms with Crippen molar-refractivity contribution in [3.05, 3.63) is 35.9 Å². The SMILES string of the molecule is CC1(C)S[C@@H]2[C@H](C(C(=O)O)c3ccccc3)C(=O)N2[C@@]1(N)C(=O)O. The van der Waals surface area contributed by atoms with Gasteiger partial charge in [-0.2, -0.15) is 0 Å². The largest absolute Gasteiger partial charge is 0.481 e. The molecule has 0 spiro atoms. The molecule has 1 amide bonds. The number of rotatable bonds is 4. The number of hydrogen-bond acceptors (Lipinski definition) is 5. The van der Waals surface area contributed by atoms with Crippen molar-refractivity contribution in [2.24, 2.45) is 11.7 Å². The summed E-state index contributed by atoms with van der Waals surface area (Å²) >= 11 is 1.24. The van der Waals surface area contributed by atoms with Gasteiger partial charge in [0.15, 0.2) is 0 Å². The van der Waals surface area contributed by atoms with Crippen LogP contribution in [0.25, 0.3) is 0 Å². The number of hydrogen-bond donors (Lipinski definition) is 3. The molecule has 1 unspecified atom stereocenters. The Morgan fingerprint density at radius 3 is 2.33 bits per heavy atom. The van der Waals surface area contributed by atoms with E-state index < -0.39 is 45.5 Å². The number of carbonyl (C=O) groups excluding carboxylic acids is 1. The van der Waals surface area contributed by atoms with Crippen LogP contribution in [-0.4, -0.2) is 48.7 Å². The molecule has 2 aliphatic heterocycles. The molecule has 7 nitrogen and oxygen atoms in total. The van der Waals surface area contributed by atoms with Crippen LogP contribution >= 0.6 is 11.8 Å². The average Bonchev–Trinajstić information content (AvgIpc) is 2.70. The summed E-state index contributed by atoms with van der Waals surface area (Å²) in [6.07, 6.45) is 0. The molecule has 0 radical (unpaired) electrons. The topological polar surface area (TPSA) is 121 Å². The van der Waals surface area contributed by atoms with E-state index in [1.54, 1.807) is 44.2 Å². The molecule has 2 saturated heterocycles. The van der Waals surface area contributed by atoms with E-state index in [0.29, 0.717) is 5.56 Å². The molecule has 8 heteroatoms. The van der Waals surface area contributed by atoms with E-state index in [0.717, 1.165) is 4.90 Å². The Morgan fingerprint density at radius 2 is 1.83 bits per heavy atom. The Balaban J connectivity index is 2.01. The van der Waals surface area contributed by atoms with Gasteiger partial charge in [-0.05, 0) is 19.4 Å². The van der Waals surface area contributed by atoms with Gasteiger partial charge in [-0.1, -0.05) is 30.3 Å². The zero-order valence-electron chi connectivity index (χ0n) is 13.2. The maximum atomic E-state index is 12.7. The first kappa shape index (κ1) is 16.8. The molecule has 0 saturated carbocycles. The third kappa shape index (κ3) is 1.99. The van der Waals surface area contributed by atoms with Crippen molar-refractivity contribution in [3.63, 3.8) is 0 Å². The number of aliphatic carboxylic acids is 2. The van der Waals surface area contributed by atoms with Crippen LogP contribution < -0.4 is 5.73 Å². The minimum atomic E-state index is -1.85. The molecule has 1 aromatic carbocycles. The highest BCUT2D eigenvalue weighted by Crippen LogP contribution is 2.59. The lowest BCUT2D eigenvalue weighted by molar-refractivity contribution is -0.177. The maximum absolute atomic E-state index is 12.7. The number of β-lactam (4-membered cyclic amide) rings is 1. The average molecular weight is 350 g/mol. The summed E-state index contributed by atoms with van der Waals surface area (Å²) in [5.41, 5.74) is 4.74. The van der Waals surface area contributed by atoms with Gasteiger partial charge in [-0.15, -0.1) is 11.8 Å². The van der Waals surface area contributed by atoms with Crippen LogP contribution in [-0.2, 0) is 14.4 Å². The van der Waals surface area contributed by atoms with Crippen LogP contribution in [0.15, 0.2) is 30.3 Å². The summed E-state index contributed by atoms with van der Waals surface area (Å²) in [5, 5.41) is 18.6. The van der Waals surface area contributed by atoms with E-state index in [1.807, 2.05) is 0 Å². The van der Waals surface area contributed by atoms with Gasteiger partial charge in [-0.3, -0.25) is 15.3 Å². The van der Waals surface area contributed by atoms with Gasteiger partial charge < -0.3 is 15.1 Å². The van der Waals surface area contributed by atoms with E-state index >= 15 is 0 Å². The van der Waals surface area contributed by atoms with Crippen molar-refractivity contribution in [2.45, 2.75) is 35.5 Å². The first-order valence-corrected chi connectivity index (χ1v) is 8.32. The van der Waals surface area contributed by atoms with Crippen LogP contribution in [0.2, 0.25) is 0 Å². The Hall–Kier alpha value is -2.06. The van der Waals surface area contributed by atoms with Crippen LogP contribution in [0, 0.1) is 5.92 Å². The molecule has 24 heavy (non-hydrogen) atoms. The lowest BCUT2D eigenvalue weighted by Crippen LogP contribution is -2.75. The van der Waals surface area contributed by atoms with Gasteiger partial charge in [0.05, 0.1) is 22.0 Å². The first-order valence-electron chi connectivity index (χ1n) is 7.44. The number of benzene rings is 1. The van der Waals surface area contributed by atoms with Gasteiger partial charge >= 0.3 is 11.9 Å². The second-order valence-corrected chi connectivity index (χ2v) is 8.29. The minimum Gasteiger partial charge on any atom is -0.481 e. The van der Waals surface area contributed by atoms with Gasteiger partial charge in [0, 0.05) is 0 Å². The predicted molar refractivity (Wildman–Crippen MR) is 87.2 cm³/mol. The molecule has 4 atom stereocenters. The van der Waals surface area contributed by atoms with Crippen LogP contribution in [0.3, 0.4) is 0 Å². The fraction of sp³-hybridized carbons (Fsp3) is 0.438. The van der Waals surface area contributed by atoms with Gasteiger partial charge in [-0.25, -0.2) is 4.79 Å². The zero-order valence-corrected chi connectivity index (χ0v) is 14.0. The molecule has 3 rings (SSSR count). The number of fused-ring (bicyclic) bond motifs is 1. The first-order chi connectivity index (χ1) is 11.1. The molecule has 2 aliphatic rings. The standard InChI is InChI=1S/C16H18N2O5S/c1-15(2)16(17,14(22)23)18-11(19)10(12(18)24-15)9(13(20)21)8-6-4-3-5-7-8/h3-7,9-10,12H,17H2,1-2H3,(H,20,21)(H,22,23)/t9?,10-,12-,16+/m1/s1. The number of carbonyl (C=O) groups is 3. The predicted octanol–water partition coefficient (Wildman–Crippen LogP) is 0.904. The molecular formula is C16H18N2O5S. The second-order valence-electron chi connectivity index (χ2n) is 6.55. The number of carboxylic acids is 2. The van der Waals surface area contributed by atoms with Gasteiger partial charge in [0.25, 0.3) is 0 Å². The number of nitrogens with two attached hydrogens (primary N) is 1. The van der Waals surface area contributed by atoms with Crippen molar-refractivity contribution < 1.29 is 24.6 Å². The molecule has 0 bridgehead atoms. The monoisotopic (exact) mass is 350 g/mol. The highest BCUT2D eigenvalue weighted by atomic mass is 32.2.